The number of hydrogen-bond acceptors (Lipinski definition) is 3. The topological polar surface area (TPSA) is 89.6 Å². The second-order valence-corrected chi connectivity index (χ2v) is 8.45. The number of benzene rings is 2. The van der Waals surface area contributed by atoms with E-state index in [2.05, 4.69) is 3.77 Å². The lowest BCUT2D eigenvalue weighted by Gasteiger charge is -2.05. The third-order valence-corrected chi connectivity index (χ3v) is 6.42. The molecule has 0 spiro atoms. The van der Waals surface area contributed by atoms with Gasteiger partial charge in [-0.1, -0.05) is 33.1 Å². The van der Waals surface area contributed by atoms with Crippen LogP contribution in [0.15, 0.2) is 62.1 Å². The van der Waals surface area contributed by atoms with E-state index in [1.165, 1.54) is 36.4 Å². The minimum absolute atomic E-state index is 0.0553. The van der Waals surface area contributed by atoms with Crippen molar-refractivity contribution in [2.24, 2.45) is 8.91 Å². The molecule has 0 fully saturated rings. The number of aryl methyl sites for hydroxylation is 1. The lowest BCUT2D eigenvalue weighted by molar-refractivity contribution is 0.598. The van der Waals surface area contributed by atoms with Crippen molar-refractivity contribution in [1.29, 1.82) is 0 Å². The maximum Gasteiger partial charge on any atom is 0.291 e. The second kappa shape index (κ2) is 5.76. The zero-order valence-corrected chi connectivity index (χ0v) is 13.5. The number of rotatable bonds is 3. The lowest BCUT2D eigenvalue weighted by Crippen LogP contribution is -2.15. The molecule has 0 amide bonds. The van der Waals surface area contributed by atoms with E-state index in [4.69, 9.17) is 16.7 Å². The van der Waals surface area contributed by atoms with E-state index in [1.807, 2.05) is 6.92 Å². The third-order valence-electron chi connectivity index (χ3n) is 2.68. The van der Waals surface area contributed by atoms with Crippen LogP contribution in [0.5, 0.6) is 0 Å². The highest BCUT2D eigenvalue weighted by Crippen LogP contribution is 2.19. The predicted octanol–water partition coefficient (Wildman–Crippen LogP) is 2.74. The van der Waals surface area contributed by atoms with Crippen LogP contribution in [0, 0.1) is 6.92 Å². The maximum absolute atomic E-state index is 12.3. The molecule has 0 aliphatic heterocycles. The molecule has 5 nitrogen and oxygen atoms in total. The van der Waals surface area contributed by atoms with Gasteiger partial charge in [-0.2, -0.15) is 8.42 Å². The van der Waals surface area contributed by atoms with E-state index >= 15 is 0 Å². The zero-order chi connectivity index (χ0) is 15.7. The van der Waals surface area contributed by atoms with E-state index in [9.17, 15) is 12.6 Å². The average Bonchev–Trinajstić information content (AvgIpc) is 2.38. The molecule has 0 saturated heterocycles. The van der Waals surface area contributed by atoms with Crippen LogP contribution in [0.2, 0.25) is 5.02 Å². The average molecular weight is 345 g/mol. The number of nitrogens with two attached hydrogens (primary N) is 1. The molecular formula is C13H13ClN2O3S2. The summed E-state index contributed by atoms with van der Waals surface area (Å²) in [5.41, 5.74) is 0.903. The first kappa shape index (κ1) is 16.0. The highest BCUT2D eigenvalue weighted by Gasteiger charge is 2.17. The molecule has 2 aromatic rings. The minimum atomic E-state index is -4.10. The highest BCUT2D eigenvalue weighted by molar-refractivity contribution is 8.02. The van der Waals surface area contributed by atoms with Crippen molar-refractivity contribution in [3.63, 3.8) is 0 Å². The van der Waals surface area contributed by atoms with Crippen molar-refractivity contribution in [1.82, 2.24) is 0 Å². The number of hydrogen-bond donors (Lipinski definition) is 1. The molecule has 2 aromatic carbocycles. The summed E-state index contributed by atoms with van der Waals surface area (Å²) >= 11 is 5.72. The molecule has 0 heterocycles. The van der Waals surface area contributed by atoms with Gasteiger partial charge in [0.15, 0.2) is 0 Å². The van der Waals surface area contributed by atoms with Crippen molar-refractivity contribution in [2.75, 3.05) is 0 Å². The van der Waals surface area contributed by atoms with Crippen molar-refractivity contribution < 1.29 is 12.6 Å². The molecule has 1 atom stereocenters. The summed E-state index contributed by atoms with van der Waals surface area (Å²) in [5.74, 6) is 0. The van der Waals surface area contributed by atoms with Gasteiger partial charge >= 0.3 is 0 Å². The van der Waals surface area contributed by atoms with Gasteiger partial charge in [0.05, 0.1) is 9.79 Å². The fourth-order valence-corrected chi connectivity index (χ4v) is 4.56. The van der Waals surface area contributed by atoms with Crippen molar-refractivity contribution in [3.8, 4) is 0 Å². The van der Waals surface area contributed by atoms with Gasteiger partial charge in [0.25, 0.3) is 10.0 Å². The van der Waals surface area contributed by atoms with Gasteiger partial charge in [-0.05, 0) is 43.3 Å². The second-order valence-electron chi connectivity index (χ2n) is 4.39. The van der Waals surface area contributed by atoms with Crippen LogP contribution in [0.1, 0.15) is 5.56 Å². The molecule has 0 aromatic heterocycles. The monoisotopic (exact) mass is 344 g/mol. The molecule has 8 heteroatoms. The van der Waals surface area contributed by atoms with Crippen molar-refractivity contribution in [2.45, 2.75) is 16.7 Å². The molecule has 112 valence electrons. The SMILES string of the molecule is Cc1ccc(S(=O)(=O)N=S(N)(=O)c2ccc(Cl)cc2)cc1. The number of sulfonamides is 1. The molecule has 1 unspecified atom stereocenters. The zero-order valence-electron chi connectivity index (χ0n) is 11.1. The molecule has 2 rings (SSSR count). The highest BCUT2D eigenvalue weighted by atomic mass is 35.5. The van der Waals surface area contributed by atoms with E-state index in [0.717, 1.165) is 5.56 Å². The molecule has 0 aliphatic carbocycles. The van der Waals surface area contributed by atoms with E-state index < -0.39 is 19.9 Å². The van der Waals surface area contributed by atoms with Gasteiger partial charge in [-0.3, -0.25) is 0 Å². The minimum Gasteiger partial charge on any atom is -0.240 e. The van der Waals surface area contributed by atoms with Crippen molar-refractivity contribution >= 4 is 31.5 Å². The molecule has 21 heavy (non-hydrogen) atoms. The maximum atomic E-state index is 12.3. The van der Waals surface area contributed by atoms with Gasteiger partial charge < -0.3 is 0 Å². The van der Waals surface area contributed by atoms with Gasteiger partial charge in [-0.15, -0.1) is 0 Å². The Hall–Kier alpha value is -1.41. The van der Waals surface area contributed by atoms with Crippen LogP contribution in [-0.2, 0) is 19.9 Å². The van der Waals surface area contributed by atoms with E-state index in [0.29, 0.717) is 5.02 Å². The molecule has 0 bridgehead atoms. The lowest BCUT2D eigenvalue weighted by atomic mass is 10.2. The van der Waals surface area contributed by atoms with Gasteiger partial charge in [0, 0.05) is 5.02 Å². The first-order chi connectivity index (χ1) is 9.71. The Morgan fingerprint density at radius 2 is 1.38 bits per heavy atom. The van der Waals surface area contributed by atoms with Crippen LogP contribution in [0.3, 0.4) is 0 Å². The van der Waals surface area contributed by atoms with Crippen LogP contribution in [0.25, 0.3) is 0 Å². The third kappa shape index (κ3) is 3.82. The Balaban J connectivity index is 2.52. The fraction of sp³-hybridized carbons (Fsp3) is 0.0769. The Morgan fingerprint density at radius 3 is 1.90 bits per heavy atom. The summed E-state index contributed by atoms with van der Waals surface area (Å²) in [5, 5.41) is 6.01. The quantitative estimate of drug-likeness (QED) is 0.928. The summed E-state index contributed by atoms with van der Waals surface area (Å²) in [6.45, 7) is 1.83. The Kier molecular flexibility index (Phi) is 4.38. The van der Waals surface area contributed by atoms with Gasteiger partial charge in [0.2, 0.25) is 0 Å². The normalized spacial score (nSPS) is 14.4. The van der Waals surface area contributed by atoms with Crippen LogP contribution in [0.4, 0.5) is 0 Å². The Bertz CT molecular complexity index is 867. The van der Waals surface area contributed by atoms with Crippen LogP contribution in [-0.4, -0.2) is 12.6 Å². The predicted molar refractivity (Wildman–Crippen MR) is 82.8 cm³/mol. The molecule has 0 radical (unpaired) electrons. The van der Waals surface area contributed by atoms with Crippen LogP contribution < -0.4 is 5.14 Å². The molecular weight excluding hydrogens is 332 g/mol. The summed E-state index contributed by atoms with van der Waals surface area (Å²) in [7, 11) is -7.67. The van der Waals surface area contributed by atoms with E-state index in [1.54, 1.807) is 12.1 Å². The fourth-order valence-electron chi connectivity index (χ4n) is 1.57. The van der Waals surface area contributed by atoms with Gasteiger partial charge in [0.1, 0.15) is 9.92 Å². The largest absolute Gasteiger partial charge is 0.291 e. The molecule has 0 aliphatic rings. The molecule has 2 N–H and O–H groups in total. The van der Waals surface area contributed by atoms with Crippen LogP contribution >= 0.6 is 11.6 Å². The van der Waals surface area contributed by atoms with Crippen molar-refractivity contribution in [3.05, 3.63) is 59.1 Å². The van der Waals surface area contributed by atoms with Gasteiger partial charge in [-0.25, -0.2) is 9.35 Å². The summed E-state index contributed by atoms with van der Waals surface area (Å²) < 4.78 is 40.0. The summed E-state index contributed by atoms with van der Waals surface area (Å²) in [4.78, 5) is 0.0443. The molecule has 0 saturated carbocycles. The standard InChI is InChI=1S/C13H13ClN2O3S2/c1-10-2-6-13(7-3-10)21(18,19)16-20(15,17)12-8-4-11(14)5-9-12/h2-9H,1H3,(H2,15,16,17). The smallest absolute Gasteiger partial charge is 0.240 e. The summed E-state index contributed by atoms with van der Waals surface area (Å²) in [6.07, 6.45) is 0. The number of nitrogens with zero attached hydrogens (tertiary/aromatic N) is 1. The Labute approximate surface area is 129 Å². The first-order valence-electron chi connectivity index (χ1n) is 5.84. The Morgan fingerprint density at radius 1 is 0.905 bits per heavy atom. The van der Waals surface area contributed by atoms with E-state index in [-0.39, 0.29) is 9.79 Å². The number of halogens is 1. The summed E-state index contributed by atoms with van der Waals surface area (Å²) in [6, 6.07) is 11.8. The first-order valence-corrected chi connectivity index (χ1v) is 9.24.